The van der Waals surface area contributed by atoms with Crippen molar-refractivity contribution in [3.63, 3.8) is 0 Å². The van der Waals surface area contributed by atoms with Gasteiger partial charge in [-0.2, -0.15) is 4.98 Å². The van der Waals surface area contributed by atoms with Gasteiger partial charge >= 0.3 is 28.8 Å². The number of primary amides is 1. The summed E-state index contributed by atoms with van der Waals surface area (Å²) in [5.41, 5.74) is 21.1. The van der Waals surface area contributed by atoms with E-state index in [2.05, 4.69) is 61.9 Å². The van der Waals surface area contributed by atoms with Crippen LogP contribution < -0.4 is 37.7 Å². The van der Waals surface area contributed by atoms with Crippen LogP contribution in [0, 0.1) is 11.8 Å². The summed E-state index contributed by atoms with van der Waals surface area (Å²) in [4.78, 5) is 105. The molecule has 4 atom stereocenters. The first kappa shape index (κ1) is 65.9. The monoisotopic (exact) mass is 1380 g/mol. The van der Waals surface area contributed by atoms with E-state index in [9.17, 15) is 48.9 Å². The fourth-order valence-electron chi connectivity index (χ4n) is 15.1. The predicted molar refractivity (Wildman–Crippen MR) is 381 cm³/mol. The van der Waals surface area contributed by atoms with Gasteiger partial charge in [-0.3, -0.25) is 23.7 Å². The summed E-state index contributed by atoms with van der Waals surface area (Å²) in [5.74, 6) is 1.20. The zero-order chi connectivity index (χ0) is 68.2. The highest BCUT2D eigenvalue weighted by Gasteiger charge is 2.39. The number of carboxylic acids is 2. The summed E-state index contributed by atoms with van der Waals surface area (Å²) in [6.45, 7) is 3.80. The van der Waals surface area contributed by atoms with E-state index in [4.69, 9.17) is 29.6 Å². The maximum Gasteiger partial charge on any atom is 0.366 e. The molecule has 1 aliphatic carbocycles. The zero-order valence-corrected chi connectivity index (χ0v) is 56.8. The number of aryl methyl sites for hydroxylation is 4. The first-order valence-electron chi connectivity index (χ1n) is 33.1. The smallest absolute Gasteiger partial charge is 0.366 e. The maximum atomic E-state index is 14.7. The molecule has 98 heavy (non-hydrogen) atoms. The number of anilines is 3. The largest absolute Gasteiger partial charge is 0.507 e. The number of aromatic hydroxyl groups is 1. The van der Waals surface area contributed by atoms with Gasteiger partial charge in [-0.1, -0.05) is 48.3 Å². The number of hydrogen-bond donors (Lipinski definition) is 6. The van der Waals surface area contributed by atoms with Gasteiger partial charge in [0.25, 0.3) is 11.8 Å². The lowest BCUT2D eigenvalue weighted by atomic mass is 9.83. The number of phenolic OH excluding ortho intramolecular Hbond substituents is 1. The van der Waals surface area contributed by atoms with Crippen molar-refractivity contribution in [2.24, 2.45) is 5.73 Å². The Labute approximate surface area is 568 Å². The second-order valence-electron chi connectivity index (χ2n) is 25.7. The molecule has 2 unspecified atom stereocenters. The van der Waals surface area contributed by atoms with Gasteiger partial charge in [0.05, 0.1) is 88.9 Å². The molecule has 3 amide bonds. The minimum absolute atomic E-state index is 0.000996. The van der Waals surface area contributed by atoms with Crippen LogP contribution in [0.5, 0.6) is 5.75 Å². The van der Waals surface area contributed by atoms with Crippen LogP contribution in [-0.2, 0) is 46.3 Å². The van der Waals surface area contributed by atoms with Gasteiger partial charge in [-0.05, 0) is 160 Å². The standard InChI is InChI=1S/C73H71N8O14P3/c74-59(84)14-2-1-3-25-80(30-6-11-43-37-81(73(91)77-68(43)75)60-24-18-45(93-60)38-92-98(96)97)70(86)42-16-20-46(53(34-42)72(89)90)61-48-21-17-44(82)35-58(48)94-65-49(61)22-23-57(83)56(65)36-76-69(85)41-15-19-47(52(33-41)71(87)88)62-54-31-39-9-4-26-78-28-7-12-50(63(39)78)66(54)95-67-51-13-8-29-79-27-5-10-40(64(51)79)32-55(62)67/h15-17,19-23,31-35,37,45,60H,1-5,7-10,12-14,18,24-30,36,38,96-97H2,(H7-,74,75,76,77,82,83,84,85,87,88,89,90,91)/p+1/t45-,60+/m0/s1. The summed E-state index contributed by atoms with van der Waals surface area (Å²) < 4.78 is 26.8. The lowest BCUT2D eigenvalue weighted by molar-refractivity contribution is -0.118. The van der Waals surface area contributed by atoms with E-state index < -0.39 is 54.5 Å². The molecule has 1 saturated heterocycles. The number of nitrogens with one attached hydrogen (secondary N) is 1. The average molecular weight is 1380 g/mol. The summed E-state index contributed by atoms with van der Waals surface area (Å²) >= 11 is 0. The normalized spacial score (nSPS) is 16.3. The fourth-order valence-corrected chi connectivity index (χ4v) is 15.9. The molecule has 1 fully saturated rings. The van der Waals surface area contributed by atoms with Crippen molar-refractivity contribution in [3.8, 4) is 51.2 Å². The number of nitrogens with zero attached hydrogens (tertiary/aromatic N) is 5. The van der Waals surface area contributed by atoms with Gasteiger partial charge < -0.3 is 60.5 Å². The average Bonchev–Trinajstić information content (AvgIpc) is 0.746. The number of unbranched alkanes of at least 4 members (excludes halogenated alkanes) is 2. The minimum Gasteiger partial charge on any atom is -0.507 e. The van der Waals surface area contributed by atoms with Gasteiger partial charge in [-0.15, -0.1) is 0 Å². The van der Waals surface area contributed by atoms with E-state index in [1.165, 1.54) is 92.8 Å². The molecule has 0 saturated carbocycles. The molecule has 0 radical (unpaired) electrons. The SMILES string of the molecule is NC(=O)CCCCCN(CC#Cc1cn([C@H]2CC[C@@H](COP(P)P)O2)c(=O)nc1N)C(=O)c1ccc(-c2c3ccc(=O)cc-3oc3c(CNC(=O)c4ccc(-c5c6cc7c8c(c6[o+]c6c9c%10c(cc56)CCCN%10CCC9)CCCN8CCC7)c(C(=O)O)c4)c(O)ccc23)c(C(=O)O)c1. The molecular weight excluding hydrogens is 1310 g/mol. The van der Waals surface area contributed by atoms with Gasteiger partial charge in [-0.25, -0.2) is 18.8 Å². The second-order valence-corrected chi connectivity index (χ2v) is 31.5. The van der Waals surface area contributed by atoms with Crippen molar-refractivity contribution in [1.29, 1.82) is 0 Å². The van der Waals surface area contributed by atoms with Crippen LogP contribution in [0.25, 0.3) is 66.5 Å². The van der Waals surface area contributed by atoms with Crippen molar-refractivity contribution < 1.29 is 57.4 Å². The highest BCUT2D eigenvalue weighted by atomic mass is 32.4. The molecule has 8 heterocycles. The summed E-state index contributed by atoms with van der Waals surface area (Å²) in [6, 6.07) is 20.2. The number of aromatic nitrogens is 2. The number of nitrogen functional groups attached to an aromatic ring is 1. The number of fused-ring (bicyclic) bond motifs is 6. The van der Waals surface area contributed by atoms with Gasteiger partial charge in [0, 0.05) is 84.6 Å². The van der Waals surface area contributed by atoms with Crippen LogP contribution in [0.4, 0.5) is 17.2 Å². The van der Waals surface area contributed by atoms with Crippen LogP contribution in [0.15, 0.2) is 103 Å². The molecule has 22 nitrogen and oxygen atoms in total. The number of carbonyl (C=O) groups is 5. The number of hydrogen-bond acceptors (Lipinski definition) is 15. The van der Waals surface area contributed by atoms with E-state index in [-0.39, 0.29) is 105 Å². The summed E-state index contributed by atoms with van der Waals surface area (Å²) in [5, 5.41) is 38.8. The number of ether oxygens (including phenoxy) is 1. The molecule has 502 valence electrons. The molecule has 7 aromatic rings. The second kappa shape index (κ2) is 27.5. The number of aromatic carboxylic acids is 2. The first-order valence-corrected chi connectivity index (χ1v) is 37.6. The number of amides is 3. The molecule has 14 rings (SSSR count). The maximum absolute atomic E-state index is 14.7. The third-order valence-electron chi connectivity index (χ3n) is 19.5. The Bertz CT molecular complexity index is 4890. The number of carboxylic acid groups (broad SMARTS) is 2. The van der Waals surface area contributed by atoms with E-state index in [1.54, 1.807) is 12.1 Å². The number of benzene rings is 6. The first-order chi connectivity index (χ1) is 47.4. The Balaban J connectivity index is 0.787. The van der Waals surface area contributed by atoms with Crippen LogP contribution in [0.2, 0.25) is 0 Å². The number of nitrogens with two attached hydrogens (primary N) is 2. The van der Waals surface area contributed by atoms with Gasteiger partial charge in [0.1, 0.15) is 29.1 Å². The zero-order valence-electron chi connectivity index (χ0n) is 53.6. The van der Waals surface area contributed by atoms with Crippen LogP contribution in [-0.4, -0.2) is 111 Å². The predicted octanol–water partition coefficient (Wildman–Crippen LogP) is 11.2. The van der Waals surface area contributed by atoms with Crippen molar-refractivity contribution >= 4 is 105 Å². The quantitative estimate of drug-likeness (QED) is 0.0144. The minimum atomic E-state index is -1.40. The Morgan fingerprint density at radius 1 is 0.755 bits per heavy atom. The molecular formula is C73H72N8O14P3+. The summed E-state index contributed by atoms with van der Waals surface area (Å²) in [6.07, 6.45) is 10.7. The van der Waals surface area contributed by atoms with Crippen molar-refractivity contribution in [3.05, 3.63) is 161 Å². The summed E-state index contributed by atoms with van der Waals surface area (Å²) in [7, 11) is 4.41. The number of phenols is 1. The topological polar surface area (TPSA) is 315 Å². The van der Waals surface area contributed by atoms with Crippen LogP contribution >= 0.6 is 25.4 Å². The molecule has 8 N–H and O–H groups in total. The Hall–Kier alpha value is -9.34. The van der Waals surface area contributed by atoms with Gasteiger partial charge in [0.15, 0.2) is 5.43 Å². The molecule has 7 aliphatic rings. The highest BCUT2D eigenvalue weighted by molar-refractivity contribution is 8.41. The van der Waals surface area contributed by atoms with E-state index in [0.29, 0.717) is 49.8 Å². The fraction of sp³-hybridized carbons (Fsp3) is 0.329. The number of rotatable bonds is 19. The molecule has 2 aromatic heterocycles. The van der Waals surface area contributed by atoms with Crippen molar-refractivity contribution in [1.82, 2.24) is 19.8 Å². The Morgan fingerprint density at radius 2 is 1.39 bits per heavy atom. The van der Waals surface area contributed by atoms with E-state index in [1.807, 2.05) is 0 Å². The highest BCUT2D eigenvalue weighted by Crippen LogP contribution is 2.54. The van der Waals surface area contributed by atoms with Crippen LogP contribution in [0.3, 0.4) is 0 Å². The van der Waals surface area contributed by atoms with E-state index in [0.717, 1.165) is 116 Å². The molecule has 0 spiro atoms. The van der Waals surface area contributed by atoms with Crippen LogP contribution in [0.1, 0.15) is 145 Å². The van der Waals surface area contributed by atoms with Gasteiger partial charge in [0.2, 0.25) is 5.91 Å². The lowest BCUT2D eigenvalue weighted by Gasteiger charge is -2.36. The molecule has 6 aliphatic heterocycles. The molecule has 0 bridgehead atoms. The van der Waals surface area contributed by atoms with Crippen molar-refractivity contribution in [2.45, 2.75) is 109 Å². The lowest BCUT2D eigenvalue weighted by Crippen LogP contribution is -2.35. The molecule has 5 aromatic carbocycles. The third kappa shape index (κ3) is 12.7. The third-order valence-corrected chi connectivity index (χ3v) is 20.9. The van der Waals surface area contributed by atoms with E-state index >= 15 is 0 Å². The Kier molecular flexibility index (Phi) is 18.5. The number of carbonyl (C=O) groups excluding carboxylic acids is 3. The molecule has 25 heteroatoms. The Morgan fingerprint density at radius 3 is 2.04 bits per heavy atom. The van der Waals surface area contributed by atoms with Crippen molar-refractivity contribution in [2.75, 3.05) is 61.4 Å².